The van der Waals surface area contributed by atoms with Crippen LogP contribution in [0.2, 0.25) is 0 Å². The zero-order valence-corrected chi connectivity index (χ0v) is 7.31. The van der Waals surface area contributed by atoms with Crippen molar-refractivity contribution in [3.63, 3.8) is 0 Å². The van der Waals surface area contributed by atoms with E-state index in [1.807, 2.05) is 0 Å². The van der Waals surface area contributed by atoms with E-state index in [4.69, 9.17) is 10.7 Å². The van der Waals surface area contributed by atoms with Crippen LogP contribution in [0, 0.1) is 0 Å². The summed E-state index contributed by atoms with van der Waals surface area (Å²) in [6.45, 7) is 0. The number of rotatable bonds is 3. The van der Waals surface area contributed by atoms with Crippen molar-refractivity contribution in [3.05, 3.63) is 0 Å². The predicted octanol–water partition coefficient (Wildman–Crippen LogP) is 2.37. The molecule has 0 N–H and O–H groups in total. The molecule has 0 radical (unpaired) electrons. The summed E-state index contributed by atoms with van der Waals surface area (Å²) in [5, 5.41) is -0.249. The summed E-state index contributed by atoms with van der Waals surface area (Å²) in [4.78, 5) is 10.4. The minimum Gasteiger partial charge on any atom is -0.461 e. The van der Waals surface area contributed by atoms with Crippen LogP contribution in [-0.2, 0) is 4.74 Å². The maximum atomic E-state index is 10.4. The van der Waals surface area contributed by atoms with Crippen molar-refractivity contribution >= 4 is 38.7 Å². The molecule has 0 atom stereocenters. The van der Waals surface area contributed by atoms with Gasteiger partial charge in [-0.2, -0.15) is 0 Å². The van der Waals surface area contributed by atoms with Crippen molar-refractivity contribution in [3.8, 4) is 0 Å². The first-order valence-corrected chi connectivity index (χ1v) is 5.05. The molecule has 0 aromatic rings. The third-order valence-electron chi connectivity index (χ3n) is 0.547. The Bertz CT molecular complexity index is 88.6. The number of carbonyl (C=O) groups excluding carboxylic acids is 1. The highest BCUT2D eigenvalue weighted by Gasteiger charge is 1.98. The third kappa shape index (κ3) is 6.34. The molecule has 0 spiro atoms. The van der Waals surface area contributed by atoms with Crippen LogP contribution in [0.25, 0.3) is 0 Å². The standard InChI is InChI=1S/C4H7ClO2S2/c1-7-4(6)8-2-3-9-5/h2-3H2,1H3. The van der Waals surface area contributed by atoms with Gasteiger partial charge in [0.15, 0.2) is 0 Å². The lowest BCUT2D eigenvalue weighted by Crippen LogP contribution is -1.93. The fourth-order valence-electron chi connectivity index (χ4n) is 0.215. The molecular formula is C4H7ClO2S2. The number of methoxy groups -OCH3 is 1. The summed E-state index contributed by atoms with van der Waals surface area (Å²) in [6.07, 6.45) is 0. The number of hydrogen-bond donors (Lipinski definition) is 0. The number of carbonyl (C=O) groups is 1. The van der Waals surface area contributed by atoms with E-state index < -0.39 is 0 Å². The van der Waals surface area contributed by atoms with Gasteiger partial charge in [0.2, 0.25) is 0 Å². The van der Waals surface area contributed by atoms with E-state index in [-0.39, 0.29) is 5.30 Å². The van der Waals surface area contributed by atoms with Gasteiger partial charge >= 0.3 is 5.30 Å². The van der Waals surface area contributed by atoms with Crippen molar-refractivity contribution in [2.75, 3.05) is 18.6 Å². The molecule has 2 nitrogen and oxygen atoms in total. The minimum absolute atomic E-state index is 0.249. The molecule has 0 saturated heterocycles. The molecule has 54 valence electrons. The molecular weight excluding hydrogens is 180 g/mol. The molecule has 0 rings (SSSR count). The molecule has 0 unspecified atom stereocenters. The molecule has 0 saturated carbocycles. The van der Waals surface area contributed by atoms with Crippen molar-refractivity contribution < 1.29 is 9.53 Å². The second-order valence-electron chi connectivity index (χ2n) is 1.12. The smallest absolute Gasteiger partial charge is 0.367 e. The van der Waals surface area contributed by atoms with E-state index in [0.717, 1.165) is 17.5 Å². The van der Waals surface area contributed by atoms with Gasteiger partial charge in [0.25, 0.3) is 0 Å². The second-order valence-corrected chi connectivity index (χ2v) is 3.43. The predicted molar refractivity (Wildman–Crippen MR) is 43.2 cm³/mol. The monoisotopic (exact) mass is 186 g/mol. The lowest BCUT2D eigenvalue weighted by molar-refractivity contribution is 0.200. The van der Waals surface area contributed by atoms with Gasteiger partial charge < -0.3 is 4.74 Å². The topological polar surface area (TPSA) is 26.3 Å². The Balaban J connectivity index is 2.97. The Labute approximate surface area is 67.2 Å². The molecule has 0 aliphatic carbocycles. The number of hydrogen-bond acceptors (Lipinski definition) is 4. The quantitative estimate of drug-likeness (QED) is 0.500. The highest BCUT2D eigenvalue weighted by molar-refractivity contribution is 8.22. The Kier molecular flexibility index (Phi) is 6.91. The minimum atomic E-state index is -0.249. The first-order chi connectivity index (χ1) is 4.31. The van der Waals surface area contributed by atoms with Gasteiger partial charge in [0.1, 0.15) is 0 Å². The molecule has 0 amide bonds. The molecule has 0 fully saturated rings. The molecule has 5 heteroatoms. The first kappa shape index (κ1) is 9.46. The van der Waals surface area contributed by atoms with Gasteiger partial charge in [0, 0.05) is 11.5 Å². The van der Waals surface area contributed by atoms with Gasteiger partial charge in [-0.1, -0.05) is 11.0 Å². The van der Waals surface area contributed by atoms with Crippen LogP contribution in [-0.4, -0.2) is 23.9 Å². The Morgan fingerprint density at radius 2 is 2.33 bits per heavy atom. The fraction of sp³-hybridized carbons (Fsp3) is 0.750. The zero-order chi connectivity index (χ0) is 7.11. The van der Waals surface area contributed by atoms with Crippen molar-refractivity contribution in [1.29, 1.82) is 0 Å². The van der Waals surface area contributed by atoms with E-state index in [1.54, 1.807) is 0 Å². The van der Waals surface area contributed by atoms with Crippen LogP contribution in [0.4, 0.5) is 4.79 Å². The van der Waals surface area contributed by atoms with Crippen LogP contribution in [0.3, 0.4) is 0 Å². The lowest BCUT2D eigenvalue weighted by atomic mass is 11.0. The Hall–Kier alpha value is 0.460. The zero-order valence-electron chi connectivity index (χ0n) is 4.93. The summed E-state index contributed by atoms with van der Waals surface area (Å²) in [6, 6.07) is 0. The summed E-state index contributed by atoms with van der Waals surface area (Å²) in [5.74, 6) is 1.47. The average molecular weight is 187 g/mol. The van der Waals surface area contributed by atoms with Crippen LogP contribution in [0.5, 0.6) is 0 Å². The molecule has 9 heavy (non-hydrogen) atoms. The van der Waals surface area contributed by atoms with E-state index in [2.05, 4.69) is 4.74 Å². The number of ether oxygens (including phenoxy) is 1. The fourth-order valence-corrected chi connectivity index (χ4v) is 1.65. The normalized spacial score (nSPS) is 9.11. The third-order valence-corrected chi connectivity index (χ3v) is 2.44. The SMILES string of the molecule is COC(=O)SCCSCl. The van der Waals surface area contributed by atoms with Crippen LogP contribution >= 0.6 is 33.4 Å². The number of thioether (sulfide) groups is 1. The summed E-state index contributed by atoms with van der Waals surface area (Å²) >= 11 is 1.13. The van der Waals surface area contributed by atoms with Crippen LogP contribution in [0.15, 0.2) is 0 Å². The van der Waals surface area contributed by atoms with Crippen LogP contribution < -0.4 is 0 Å². The van der Waals surface area contributed by atoms with Crippen molar-refractivity contribution in [2.45, 2.75) is 0 Å². The molecule has 0 aromatic heterocycles. The maximum absolute atomic E-state index is 10.4. The largest absolute Gasteiger partial charge is 0.461 e. The van der Waals surface area contributed by atoms with Gasteiger partial charge in [0.05, 0.1) is 7.11 Å². The molecule has 0 aliphatic rings. The molecule has 0 bridgehead atoms. The Morgan fingerprint density at radius 3 is 2.78 bits per heavy atom. The van der Waals surface area contributed by atoms with Crippen molar-refractivity contribution in [2.24, 2.45) is 0 Å². The van der Waals surface area contributed by atoms with Crippen LogP contribution in [0.1, 0.15) is 0 Å². The lowest BCUT2D eigenvalue weighted by Gasteiger charge is -1.94. The molecule has 0 aliphatic heterocycles. The van der Waals surface area contributed by atoms with Gasteiger partial charge in [-0.15, -0.1) is 0 Å². The maximum Gasteiger partial charge on any atom is 0.367 e. The summed E-state index contributed by atoms with van der Waals surface area (Å²) in [5.41, 5.74) is 0. The second kappa shape index (κ2) is 6.58. The van der Waals surface area contributed by atoms with Gasteiger partial charge in [-0.3, -0.25) is 0 Å². The van der Waals surface area contributed by atoms with E-state index >= 15 is 0 Å². The van der Waals surface area contributed by atoms with E-state index in [1.165, 1.54) is 18.1 Å². The summed E-state index contributed by atoms with van der Waals surface area (Å²) < 4.78 is 4.37. The highest BCUT2D eigenvalue weighted by Crippen LogP contribution is 2.11. The van der Waals surface area contributed by atoms with Gasteiger partial charge in [-0.25, -0.2) is 4.79 Å². The first-order valence-electron chi connectivity index (χ1n) is 2.25. The van der Waals surface area contributed by atoms with Gasteiger partial charge in [-0.05, 0) is 22.4 Å². The molecule has 0 aromatic carbocycles. The Morgan fingerprint density at radius 1 is 1.67 bits per heavy atom. The van der Waals surface area contributed by atoms with E-state index in [9.17, 15) is 4.79 Å². The highest BCUT2D eigenvalue weighted by atomic mass is 35.7. The van der Waals surface area contributed by atoms with Crippen molar-refractivity contribution in [1.82, 2.24) is 0 Å². The molecule has 0 heterocycles. The van der Waals surface area contributed by atoms with E-state index in [0.29, 0.717) is 5.75 Å². The summed E-state index contributed by atoms with van der Waals surface area (Å²) in [7, 11) is 7.84. The number of halogens is 1. The average Bonchev–Trinajstić information content (AvgIpc) is 1.89.